The fourth-order valence-corrected chi connectivity index (χ4v) is 4.67. The molecular formula is C28H35N3O3. The van der Waals surface area contributed by atoms with Gasteiger partial charge in [0.05, 0.1) is 17.8 Å². The first-order valence-corrected chi connectivity index (χ1v) is 11.6. The lowest BCUT2D eigenvalue weighted by molar-refractivity contribution is 0.0956. The second-order valence-electron chi connectivity index (χ2n) is 9.89. The van der Waals surface area contributed by atoms with E-state index in [1.165, 1.54) is 0 Å². The minimum absolute atomic E-state index is 0.0397. The van der Waals surface area contributed by atoms with E-state index >= 15 is 0 Å². The fourth-order valence-electron chi connectivity index (χ4n) is 4.67. The predicted octanol–water partition coefficient (Wildman–Crippen LogP) is 4.84. The van der Waals surface area contributed by atoms with Crippen molar-refractivity contribution in [3.8, 4) is 11.3 Å². The van der Waals surface area contributed by atoms with Crippen molar-refractivity contribution in [2.24, 2.45) is 11.1 Å². The van der Waals surface area contributed by atoms with Gasteiger partial charge in [0.2, 0.25) is 0 Å². The zero-order valence-corrected chi connectivity index (χ0v) is 20.1. The van der Waals surface area contributed by atoms with Crippen molar-refractivity contribution in [3.05, 3.63) is 90.1 Å². The molecule has 0 aliphatic carbocycles. The molecule has 1 unspecified atom stereocenters. The molecule has 180 valence electrons. The summed E-state index contributed by atoms with van der Waals surface area (Å²) in [7, 11) is 0. The lowest BCUT2D eigenvalue weighted by Gasteiger charge is -2.37. The molecule has 3 rings (SSSR count). The van der Waals surface area contributed by atoms with Gasteiger partial charge < -0.3 is 21.3 Å². The molecule has 1 amide bonds. The third kappa shape index (κ3) is 6.89. The standard InChI is InChI=1S/C28H35N3O3/c1-28(2,3)26(21-14-12-20(13-15-21)23-11-7-8-16-30-23)22(29)18-25(32)24(31-27(33)34)17-19-9-5-4-6-10-19/h4-16,22,24-26,31-32H,17-18,29H2,1-3H3,(H,33,34)/t22-,24+,25-,26?/m1/s1. The summed E-state index contributed by atoms with van der Waals surface area (Å²) in [6.45, 7) is 6.40. The van der Waals surface area contributed by atoms with Gasteiger partial charge in [-0.1, -0.05) is 81.4 Å². The average molecular weight is 462 g/mol. The van der Waals surface area contributed by atoms with Crippen LogP contribution in [-0.2, 0) is 6.42 Å². The molecule has 0 aliphatic heterocycles. The molecule has 0 radical (unpaired) electrons. The summed E-state index contributed by atoms with van der Waals surface area (Å²) in [6, 6.07) is 22.6. The molecule has 34 heavy (non-hydrogen) atoms. The quantitative estimate of drug-likeness (QED) is 0.365. The number of aliphatic hydroxyl groups is 1. The third-order valence-corrected chi connectivity index (χ3v) is 6.18. The van der Waals surface area contributed by atoms with Crippen molar-refractivity contribution in [3.63, 3.8) is 0 Å². The number of rotatable bonds is 9. The van der Waals surface area contributed by atoms with Crippen LogP contribution in [0, 0.1) is 5.41 Å². The van der Waals surface area contributed by atoms with Gasteiger partial charge in [-0.05, 0) is 41.5 Å². The van der Waals surface area contributed by atoms with Crippen LogP contribution >= 0.6 is 0 Å². The number of nitrogens with one attached hydrogen (secondary N) is 1. The van der Waals surface area contributed by atoms with Crippen LogP contribution in [0.3, 0.4) is 0 Å². The smallest absolute Gasteiger partial charge is 0.404 e. The maximum absolute atomic E-state index is 11.4. The van der Waals surface area contributed by atoms with Crippen molar-refractivity contribution >= 4 is 6.09 Å². The van der Waals surface area contributed by atoms with Crippen LogP contribution in [0.1, 0.15) is 44.2 Å². The largest absolute Gasteiger partial charge is 0.465 e. The van der Waals surface area contributed by atoms with Crippen LogP contribution in [0.25, 0.3) is 11.3 Å². The number of carbonyl (C=O) groups is 1. The normalized spacial score (nSPS) is 15.2. The molecule has 4 atom stereocenters. The molecule has 6 heteroatoms. The van der Waals surface area contributed by atoms with Gasteiger partial charge in [-0.15, -0.1) is 0 Å². The summed E-state index contributed by atoms with van der Waals surface area (Å²) in [4.78, 5) is 15.8. The Hall–Kier alpha value is -3.22. The number of aliphatic hydroxyl groups excluding tert-OH is 1. The highest BCUT2D eigenvalue weighted by Crippen LogP contribution is 2.39. The van der Waals surface area contributed by atoms with Crippen molar-refractivity contribution < 1.29 is 15.0 Å². The molecule has 0 bridgehead atoms. The van der Waals surface area contributed by atoms with Crippen LogP contribution in [0.4, 0.5) is 4.79 Å². The Morgan fingerprint density at radius 3 is 2.21 bits per heavy atom. The minimum Gasteiger partial charge on any atom is -0.465 e. The maximum atomic E-state index is 11.4. The first kappa shape index (κ1) is 25.4. The van der Waals surface area contributed by atoms with Crippen molar-refractivity contribution in [2.45, 2.75) is 57.7 Å². The number of pyridine rings is 1. The third-order valence-electron chi connectivity index (χ3n) is 6.18. The molecule has 0 aliphatic rings. The summed E-state index contributed by atoms with van der Waals surface area (Å²) >= 11 is 0. The van der Waals surface area contributed by atoms with Gasteiger partial charge in [0, 0.05) is 23.7 Å². The number of carboxylic acid groups (broad SMARTS) is 1. The Morgan fingerprint density at radius 1 is 1.00 bits per heavy atom. The van der Waals surface area contributed by atoms with E-state index in [9.17, 15) is 15.0 Å². The van der Waals surface area contributed by atoms with E-state index in [0.29, 0.717) is 6.42 Å². The monoisotopic (exact) mass is 461 g/mol. The predicted molar refractivity (Wildman–Crippen MR) is 136 cm³/mol. The second-order valence-corrected chi connectivity index (χ2v) is 9.89. The van der Waals surface area contributed by atoms with Gasteiger partial charge in [0.15, 0.2) is 0 Å². The van der Waals surface area contributed by atoms with E-state index in [0.717, 1.165) is 22.4 Å². The van der Waals surface area contributed by atoms with Gasteiger partial charge in [0.1, 0.15) is 0 Å². The molecule has 1 aromatic heterocycles. The number of aromatic nitrogens is 1. The molecule has 5 N–H and O–H groups in total. The minimum atomic E-state index is -1.16. The molecular weight excluding hydrogens is 426 g/mol. The maximum Gasteiger partial charge on any atom is 0.404 e. The first-order chi connectivity index (χ1) is 16.1. The molecule has 0 saturated heterocycles. The van der Waals surface area contributed by atoms with Crippen LogP contribution in [0.5, 0.6) is 0 Å². The SMILES string of the molecule is CC(C)(C)C(c1ccc(-c2ccccn2)cc1)[C@H](N)C[C@@H](O)[C@H](Cc1ccccc1)NC(=O)O. The number of hydrogen-bond acceptors (Lipinski definition) is 4. The first-order valence-electron chi connectivity index (χ1n) is 11.6. The second kappa shape index (κ2) is 11.3. The number of hydrogen-bond donors (Lipinski definition) is 4. The Morgan fingerprint density at radius 2 is 1.65 bits per heavy atom. The highest BCUT2D eigenvalue weighted by molar-refractivity contribution is 5.65. The summed E-state index contributed by atoms with van der Waals surface area (Å²) in [5.74, 6) is -0.0397. The van der Waals surface area contributed by atoms with E-state index in [1.54, 1.807) is 6.20 Å². The summed E-state index contributed by atoms with van der Waals surface area (Å²) in [5.41, 5.74) is 10.5. The van der Waals surface area contributed by atoms with E-state index in [-0.39, 0.29) is 23.8 Å². The zero-order chi connectivity index (χ0) is 24.7. The van der Waals surface area contributed by atoms with Gasteiger partial charge in [-0.3, -0.25) is 4.98 Å². The van der Waals surface area contributed by atoms with Crippen LogP contribution < -0.4 is 11.1 Å². The zero-order valence-electron chi connectivity index (χ0n) is 20.1. The fraction of sp³-hybridized carbons (Fsp3) is 0.357. The summed E-state index contributed by atoms with van der Waals surface area (Å²) < 4.78 is 0. The van der Waals surface area contributed by atoms with E-state index in [4.69, 9.17) is 5.73 Å². The van der Waals surface area contributed by atoms with Crippen molar-refractivity contribution in [1.29, 1.82) is 0 Å². The van der Waals surface area contributed by atoms with E-state index in [2.05, 4.69) is 43.2 Å². The number of benzene rings is 2. The van der Waals surface area contributed by atoms with Crippen LogP contribution in [-0.4, -0.2) is 39.5 Å². The molecule has 6 nitrogen and oxygen atoms in total. The van der Waals surface area contributed by atoms with Gasteiger partial charge in [0.25, 0.3) is 0 Å². The number of nitrogens with two attached hydrogens (primary N) is 1. The Balaban J connectivity index is 1.78. The molecule has 2 aromatic carbocycles. The van der Waals surface area contributed by atoms with Crippen LogP contribution in [0.2, 0.25) is 0 Å². The topological polar surface area (TPSA) is 108 Å². The van der Waals surface area contributed by atoms with Gasteiger partial charge in [-0.2, -0.15) is 0 Å². The average Bonchev–Trinajstić information content (AvgIpc) is 2.79. The Labute approximate surface area is 201 Å². The number of amides is 1. The van der Waals surface area contributed by atoms with E-state index in [1.807, 2.05) is 60.7 Å². The molecule has 0 saturated carbocycles. The van der Waals surface area contributed by atoms with E-state index < -0.39 is 18.2 Å². The van der Waals surface area contributed by atoms with Gasteiger partial charge >= 0.3 is 6.09 Å². The molecule has 3 aromatic rings. The van der Waals surface area contributed by atoms with Crippen LogP contribution in [0.15, 0.2) is 79.0 Å². The summed E-state index contributed by atoms with van der Waals surface area (Å²) in [5, 5.41) is 22.8. The molecule has 0 spiro atoms. The Bertz CT molecular complexity index is 1030. The number of nitrogens with zero attached hydrogens (tertiary/aromatic N) is 1. The van der Waals surface area contributed by atoms with Crippen molar-refractivity contribution in [2.75, 3.05) is 0 Å². The highest BCUT2D eigenvalue weighted by atomic mass is 16.4. The molecule has 1 heterocycles. The lowest BCUT2D eigenvalue weighted by Crippen LogP contribution is -2.48. The Kier molecular flexibility index (Phi) is 8.42. The summed E-state index contributed by atoms with van der Waals surface area (Å²) in [6.07, 6.45) is 0.340. The van der Waals surface area contributed by atoms with Gasteiger partial charge in [-0.25, -0.2) is 4.79 Å². The molecule has 0 fully saturated rings. The highest BCUT2D eigenvalue weighted by Gasteiger charge is 2.34. The van der Waals surface area contributed by atoms with Crippen molar-refractivity contribution in [1.82, 2.24) is 10.3 Å². The lowest BCUT2D eigenvalue weighted by atomic mass is 9.71.